The average Bonchev–Trinajstić information content (AvgIpc) is 3.85. The van der Waals surface area contributed by atoms with Gasteiger partial charge in [0.15, 0.2) is 0 Å². The molecular formula is C70H70Cl2N2Na2O6S2. The van der Waals surface area contributed by atoms with Gasteiger partial charge in [0.2, 0.25) is 0 Å². The molecule has 2 aliphatic carbocycles. The Morgan fingerprint density at radius 1 is 0.536 bits per heavy atom. The smallest absolute Gasteiger partial charge is 0.550 e. The molecule has 6 aromatic carbocycles. The number of thioether (sulfide) groups is 2. The Morgan fingerprint density at radius 3 is 1.29 bits per heavy atom. The molecule has 2 aliphatic rings. The quantitative estimate of drug-likeness (QED) is 0.0562. The van der Waals surface area contributed by atoms with Crippen LogP contribution in [0.3, 0.4) is 0 Å². The van der Waals surface area contributed by atoms with Crippen LogP contribution < -0.4 is 69.3 Å². The molecule has 0 bridgehead atoms. The largest absolute Gasteiger partial charge is 1.00 e. The van der Waals surface area contributed by atoms with Gasteiger partial charge in [-0.25, -0.2) is 9.97 Å². The fourth-order valence-electron chi connectivity index (χ4n) is 10.7. The van der Waals surface area contributed by atoms with Crippen LogP contribution in [0.1, 0.15) is 145 Å². The predicted octanol–water partition coefficient (Wildman–Crippen LogP) is 9.23. The summed E-state index contributed by atoms with van der Waals surface area (Å²) in [5, 5.41) is 48.0. The molecule has 14 heteroatoms. The van der Waals surface area contributed by atoms with E-state index in [0.717, 1.165) is 129 Å². The van der Waals surface area contributed by atoms with Crippen LogP contribution in [-0.2, 0) is 33.6 Å². The van der Waals surface area contributed by atoms with E-state index in [2.05, 4.69) is 72.8 Å². The minimum absolute atomic E-state index is 0. The van der Waals surface area contributed by atoms with Crippen molar-refractivity contribution in [2.75, 3.05) is 11.5 Å². The molecular weight excluding hydrogens is 1150 g/mol. The monoisotopic (exact) mass is 1210 g/mol. The third-order valence-corrected chi connectivity index (χ3v) is 19.5. The first kappa shape index (κ1) is 67.3. The Labute approximate surface area is 558 Å². The standard InChI is InChI=1S/2C35H36ClNO3S.2Na/c2*1-34(2,40)30-9-4-3-7-25(30)13-17-32(41-23-35(18-19-35)22-33(38)39)27-8-5-6-24(20-27)10-15-29-16-12-26-11-14-28(36)21-31(26)37-29;;/h2*3-12,14-16,20-21,32,40H,13,17-19,22-23H2,1-2H3,(H,38,39);;/q;;2*+1/p-2/b2*15-10+;;/t2*32-;;/m11../s1. The number of carboxylic acids is 2. The molecule has 424 valence electrons. The van der Waals surface area contributed by atoms with E-state index in [9.17, 15) is 30.0 Å². The second kappa shape index (κ2) is 30.1. The normalized spacial score (nSPS) is 15.0. The van der Waals surface area contributed by atoms with Gasteiger partial charge in [-0.05, 0) is 207 Å². The summed E-state index contributed by atoms with van der Waals surface area (Å²) in [6, 6.07) is 52.8. The van der Waals surface area contributed by atoms with E-state index < -0.39 is 23.1 Å². The summed E-state index contributed by atoms with van der Waals surface area (Å²) >= 11 is 16.0. The van der Waals surface area contributed by atoms with Gasteiger partial charge in [-0.2, -0.15) is 23.5 Å². The van der Waals surface area contributed by atoms with Crippen LogP contribution >= 0.6 is 46.7 Å². The van der Waals surface area contributed by atoms with E-state index in [0.29, 0.717) is 10.0 Å². The van der Waals surface area contributed by atoms with Crippen molar-refractivity contribution in [2.45, 2.75) is 114 Å². The zero-order chi connectivity index (χ0) is 58.1. The van der Waals surface area contributed by atoms with Gasteiger partial charge in [0.05, 0.1) is 33.6 Å². The number of halogens is 2. The molecule has 8 aromatic rings. The number of rotatable bonds is 24. The molecule has 8 nitrogen and oxygen atoms in total. The molecule has 0 saturated heterocycles. The summed E-state index contributed by atoms with van der Waals surface area (Å²) < 4.78 is 0. The van der Waals surface area contributed by atoms with Crippen LogP contribution in [0.15, 0.2) is 158 Å². The van der Waals surface area contributed by atoms with Crippen LogP contribution in [0, 0.1) is 10.8 Å². The number of benzene rings is 6. The molecule has 0 amide bonds. The first-order valence-electron chi connectivity index (χ1n) is 28.1. The molecule has 2 saturated carbocycles. The van der Waals surface area contributed by atoms with Gasteiger partial charge >= 0.3 is 59.1 Å². The number of pyridine rings is 2. The number of carbonyl (C=O) groups excluding carboxylic acids is 2. The van der Waals surface area contributed by atoms with Crippen molar-refractivity contribution in [3.8, 4) is 0 Å². The Bertz CT molecular complexity index is 3390. The van der Waals surface area contributed by atoms with E-state index in [1.54, 1.807) is 0 Å². The third-order valence-electron chi connectivity index (χ3n) is 15.6. The van der Waals surface area contributed by atoms with Gasteiger partial charge in [0.25, 0.3) is 0 Å². The van der Waals surface area contributed by atoms with Crippen molar-refractivity contribution in [2.24, 2.45) is 10.8 Å². The summed E-state index contributed by atoms with van der Waals surface area (Å²) in [5.41, 5.74) is 10.1. The van der Waals surface area contributed by atoms with Gasteiger partial charge < -0.3 is 30.0 Å². The summed E-state index contributed by atoms with van der Waals surface area (Å²) in [6.07, 6.45) is 15.6. The predicted molar refractivity (Wildman–Crippen MR) is 337 cm³/mol. The first-order valence-corrected chi connectivity index (χ1v) is 31.0. The minimum atomic E-state index is -0.963. The maximum atomic E-state index is 11.4. The summed E-state index contributed by atoms with van der Waals surface area (Å²) in [6.45, 7) is 7.29. The number of fused-ring (bicyclic) bond motifs is 2. The average molecular weight is 1220 g/mol. The van der Waals surface area contributed by atoms with E-state index in [1.807, 2.05) is 160 Å². The van der Waals surface area contributed by atoms with Crippen LogP contribution in [0.4, 0.5) is 0 Å². The number of carboxylic acid groups (broad SMARTS) is 2. The molecule has 2 fully saturated rings. The van der Waals surface area contributed by atoms with E-state index in [-0.39, 0.29) is 93.3 Å². The maximum Gasteiger partial charge on any atom is 1.00 e. The Morgan fingerprint density at radius 2 is 0.917 bits per heavy atom. The second-order valence-corrected chi connectivity index (χ2v) is 26.6. The molecule has 0 radical (unpaired) electrons. The van der Waals surface area contributed by atoms with Crippen molar-refractivity contribution in [1.29, 1.82) is 0 Å². The van der Waals surface area contributed by atoms with Gasteiger partial charge in [-0.15, -0.1) is 0 Å². The van der Waals surface area contributed by atoms with Crippen molar-refractivity contribution in [1.82, 2.24) is 9.97 Å². The second-order valence-electron chi connectivity index (χ2n) is 23.4. The molecule has 0 aliphatic heterocycles. The topological polar surface area (TPSA) is 146 Å². The molecule has 0 unspecified atom stereocenters. The van der Waals surface area contributed by atoms with Gasteiger partial charge in [-0.3, -0.25) is 0 Å². The van der Waals surface area contributed by atoms with E-state index in [4.69, 9.17) is 33.2 Å². The SMILES string of the molecule is CC(C)(O)c1ccccc1CC[C@@H](SCC1(CC(=O)[O-])CC1)c1cccc(/C=C/c2ccc3ccc(Cl)cc3n2)c1.CC(C)(O)c1ccccc1CC[C@@H](SCC1(CC(=O)[O-])CC1)c1cccc(/C=C/c2ccc3ccc(Cl)cc3n2)c1.[Na+].[Na+]. The molecule has 2 atom stereocenters. The third kappa shape index (κ3) is 19.4. The number of aliphatic carboxylic acids is 2. The van der Waals surface area contributed by atoms with Crippen LogP contribution in [0.5, 0.6) is 0 Å². The Kier molecular flexibility index (Phi) is 24.1. The van der Waals surface area contributed by atoms with Crippen molar-refractivity contribution in [3.05, 3.63) is 224 Å². The van der Waals surface area contributed by atoms with E-state index in [1.165, 1.54) is 11.1 Å². The van der Waals surface area contributed by atoms with E-state index >= 15 is 0 Å². The van der Waals surface area contributed by atoms with Crippen molar-refractivity contribution >= 4 is 105 Å². The summed E-state index contributed by atoms with van der Waals surface area (Å²) in [5.74, 6) is -0.337. The molecule has 0 spiro atoms. The minimum Gasteiger partial charge on any atom is -0.550 e. The van der Waals surface area contributed by atoms with Gasteiger partial charge in [-0.1, -0.05) is 157 Å². The van der Waals surface area contributed by atoms with Crippen LogP contribution in [0.2, 0.25) is 10.0 Å². The number of carbonyl (C=O) groups is 2. The number of aryl methyl sites for hydroxylation is 2. The first-order chi connectivity index (χ1) is 39.2. The fourth-order valence-corrected chi connectivity index (χ4v) is 14.2. The maximum absolute atomic E-state index is 11.4. The molecule has 84 heavy (non-hydrogen) atoms. The molecule has 2 aromatic heterocycles. The molecule has 2 N–H and O–H groups in total. The van der Waals surface area contributed by atoms with Crippen LogP contribution in [0.25, 0.3) is 46.1 Å². The van der Waals surface area contributed by atoms with Gasteiger partial charge in [0, 0.05) is 43.3 Å². The zero-order valence-electron chi connectivity index (χ0n) is 49.0. The number of aliphatic hydroxyl groups is 2. The van der Waals surface area contributed by atoms with Gasteiger partial charge in [0.1, 0.15) is 0 Å². The number of nitrogens with zero attached hydrogens (tertiary/aromatic N) is 2. The number of hydrogen-bond acceptors (Lipinski definition) is 10. The van der Waals surface area contributed by atoms with Crippen molar-refractivity contribution in [3.63, 3.8) is 0 Å². The number of aromatic nitrogens is 2. The zero-order valence-corrected chi connectivity index (χ0v) is 56.1. The molecule has 10 rings (SSSR count). The fraction of sp³-hybridized carbons (Fsp3) is 0.314. The summed E-state index contributed by atoms with van der Waals surface area (Å²) in [7, 11) is 0. The molecule has 2 heterocycles. The van der Waals surface area contributed by atoms with Crippen LogP contribution in [-0.4, -0.2) is 43.6 Å². The Hall–Kier alpha value is -4.24. The van der Waals surface area contributed by atoms with Crippen molar-refractivity contribution < 1.29 is 89.1 Å². The summed E-state index contributed by atoms with van der Waals surface area (Å²) in [4.78, 5) is 32.2. The Balaban J connectivity index is 0.000000235. The number of hydrogen-bond donors (Lipinski definition) is 2.